The minimum absolute atomic E-state index is 0.299. The van der Waals surface area contributed by atoms with Gasteiger partial charge in [0.25, 0.3) is 0 Å². The van der Waals surface area contributed by atoms with Crippen molar-refractivity contribution < 1.29 is 4.74 Å². The van der Waals surface area contributed by atoms with E-state index < -0.39 is 0 Å². The molecular weight excluding hydrogens is 266 g/mol. The Balaban J connectivity index is 2.14. The topological polar surface area (TPSA) is 35.2 Å². The van der Waals surface area contributed by atoms with Crippen LogP contribution in [0.3, 0.4) is 0 Å². The third-order valence-electron chi connectivity index (χ3n) is 3.19. The van der Waals surface area contributed by atoms with Crippen molar-refractivity contribution in [3.05, 3.63) is 34.3 Å². The van der Waals surface area contributed by atoms with E-state index >= 15 is 0 Å². The van der Waals surface area contributed by atoms with Gasteiger partial charge in [0, 0.05) is 23.5 Å². The van der Waals surface area contributed by atoms with Crippen LogP contribution in [0.5, 0.6) is 0 Å². The van der Waals surface area contributed by atoms with Crippen molar-refractivity contribution in [2.24, 2.45) is 5.73 Å². The van der Waals surface area contributed by atoms with E-state index in [1.165, 1.54) is 18.4 Å². The van der Waals surface area contributed by atoms with Gasteiger partial charge in [-0.1, -0.05) is 28.1 Å². The molecule has 1 aromatic rings. The van der Waals surface area contributed by atoms with Crippen LogP contribution in [0.4, 0.5) is 0 Å². The van der Waals surface area contributed by atoms with Crippen molar-refractivity contribution in [2.75, 3.05) is 13.2 Å². The molecular formula is C13H18BrNO. The Hall–Kier alpha value is -0.380. The first-order chi connectivity index (χ1) is 7.81. The molecule has 0 bridgehead atoms. The van der Waals surface area contributed by atoms with Crippen LogP contribution in [0.1, 0.15) is 30.7 Å². The van der Waals surface area contributed by atoms with E-state index in [1.54, 1.807) is 0 Å². The molecule has 0 spiro atoms. The second-order valence-electron chi connectivity index (χ2n) is 4.30. The summed E-state index contributed by atoms with van der Waals surface area (Å²) in [6.07, 6.45) is 3.88. The van der Waals surface area contributed by atoms with Gasteiger partial charge in [-0.2, -0.15) is 0 Å². The lowest BCUT2D eigenvalue weighted by Gasteiger charge is -2.30. The van der Waals surface area contributed by atoms with E-state index in [2.05, 4.69) is 34.1 Å². The fourth-order valence-electron chi connectivity index (χ4n) is 2.32. The Morgan fingerprint density at radius 1 is 1.44 bits per heavy atom. The number of hydrogen-bond donors (Lipinski definition) is 1. The molecule has 2 nitrogen and oxygen atoms in total. The molecule has 1 fully saturated rings. The number of benzene rings is 1. The van der Waals surface area contributed by atoms with Crippen LogP contribution in [-0.4, -0.2) is 19.3 Å². The highest BCUT2D eigenvalue weighted by atomic mass is 79.9. The van der Waals surface area contributed by atoms with Crippen LogP contribution in [-0.2, 0) is 4.74 Å². The molecule has 0 radical (unpaired) electrons. The Bertz CT molecular complexity index is 336. The highest BCUT2D eigenvalue weighted by Gasteiger charge is 2.24. The van der Waals surface area contributed by atoms with E-state index in [0.29, 0.717) is 18.6 Å². The molecule has 1 aromatic carbocycles. The summed E-state index contributed by atoms with van der Waals surface area (Å²) in [7, 11) is 0. The third kappa shape index (κ3) is 2.84. The maximum absolute atomic E-state index is 5.89. The van der Waals surface area contributed by atoms with E-state index in [9.17, 15) is 0 Å². The first-order valence-electron chi connectivity index (χ1n) is 5.88. The Morgan fingerprint density at radius 2 is 2.31 bits per heavy atom. The highest BCUT2D eigenvalue weighted by molar-refractivity contribution is 9.10. The van der Waals surface area contributed by atoms with Gasteiger partial charge < -0.3 is 10.5 Å². The molecule has 3 heteroatoms. The maximum atomic E-state index is 5.89. The fourth-order valence-corrected chi connectivity index (χ4v) is 2.74. The van der Waals surface area contributed by atoms with Crippen molar-refractivity contribution in [1.82, 2.24) is 0 Å². The van der Waals surface area contributed by atoms with Gasteiger partial charge in [-0.15, -0.1) is 0 Å². The zero-order chi connectivity index (χ0) is 11.4. The molecule has 2 unspecified atom stereocenters. The average molecular weight is 284 g/mol. The van der Waals surface area contributed by atoms with Gasteiger partial charge in [0.15, 0.2) is 0 Å². The molecule has 2 rings (SSSR count). The number of hydrogen-bond acceptors (Lipinski definition) is 2. The van der Waals surface area contributed by atoms with E-state index in [0.717, 1.165) is 17.5 Å². The molecule has 1 heterocycles. The van der Waals surface area contributed by atoms with Gasteiger partial charge in [-0.05, 0) is 37.0 Å². The molecule has 0 amide bonds. The smallest absolute Gasteiger partial charge is 0.0655 e. The van der Waals surface area contributed by atoms with Crippen LogP contribution >= 0.6 is 15.9 Å². The quantitative estimate of drug-likeness (QED) is 0.925. The average Bonchev–Trinajstić information content (AvgIpc) is 2.31. The van der Waals surface area contributed by atoms with Crippen molar-refractivity contribution >= 4 is 15.9 Å². The number of ether oxygens (including phenoxy) is 1. The van der Waals surface area contributed by atoms with Gasteiger partial charge in [0.2, 0.25) is 0 Å². The lowest BCUT2D eigenvalue weighted by atomic mass is 9.89. The second-order valence-corrected chi connectivity index (χ2v) is 5.22. The predicted molar refractivity (Wildman–Crippen MR) is 69.5 cm³/mol. The number of rotatable bonds is 3. The third-order valence-corrected chi connectivity index (χ3v) is 3.69. The zero-order valence-electron chi connectivity index (χ0n) is 9.36. The van der Waals surface area contributed by atoms with Crippen LogP contribution in [0, 0.1) is 0 Å². The van der Waals surface area contributed by atoms with Gasteiger partial charge in [0.1, 0.15) is 0 Å². The van der Waals surface area contributed by atoms with Crippen molar-refractivity contribution in [1.29, 1.82) is 0 Å². The summed E-state index contributed by atoms with van der Waals surface area (Å²) in [4.78, 5) is 0. The predicted octanol–water partition coefficient (Wildman–Crippen LogP) is 3.06. The summed E-state index contributed by atoms with van der Waals surface area (Å²) in [6.45, 7) is 1.54. The summed E-state index contributed by atoms with van der Waals surface area (Å²) in [5.74, 6) is 0.331. The normalized spacial score (nSPS) is 23.0. The van der Waals surface area contributed by atoms with Crippen molar-refractivity contribution in [3.8, 4) is 0 Å². The van der Waals surface area contributed by atoms with Gasteiger partial charge >= 0.3 is 0 Å². The van der Waals surface area contributed by atoms with Crippen molar-refractivity contribution in [2.45, 2.75) is 31.3 Å². The van der Waals surface area contributed by atoms with Gasteiger partial charge in [0.05, 0.1) is 6.10 Å². The highest BCUT2D eigenvalue weighted by Crippen LogP contribution is 2.29. The van der Waals surface area contributed by atoms with Crippen LogP contribution in [0.15, 0.2) is 28.7 Å². The first-order valence-corrected chi connectivity index (χ1v) is 6.67. The van der Waals surface area contributed by atoms with Crippen LogP contribution in [0.25, 0.3) is 0 Å². The molecule has 2 N–H and O–H groups in total. The molecule has 16 heavy (non-hydrogen) atoms. The Kier molecular flexibility index (Phi) is 4.38. The van der Waals surface area contributed by atoms with Gasteiger partial charge in [-0.3, -0.25) is 0 Å². The SMILES string of the molecule is NCC(c1cccc(Br)c1)C1CCCCO1. The largest absolute Gasteiger partial charge is 0.378 e. The lowest BCUT2D eigenvalue weighted by Crippen LogP contribution is -2.31. The molecule has 0 aliphatic carbocycles. The summed E-state index contributed by atoms with van der Waals surface area (Å²) in [5.41, 5.74) is 7.17. The van der Waals surface area contributed by atoms with Crippen LogP contribution < -0.4 is 5.73 Å². The molecule has 1 aliphatic heterocycles. The summed E-state index contributed by atoms with van der Waals surface area (Å²) in [5, 5.41) is 0. The second kappa shape index (κ2) is 5.80. The van der Waals surface area contributed by atoms with E-state index in [4.69, 9.17) is 10.5 Å². The van der Waals surface area contributed by atoms with Crippen LogP contribution in [0.2, 0.25) is 0 Å². The fraction of sp³-hybridized carbons (Fsp3) is 0.538. The Labute approximate surface area is 105 Å². The number of halogens is 1. The standard InChI is InChI=1S/C13H18BrNO/c14-11-5-3-4-10(8-11)12(9-15)13-6-1-2-7-16-13/h3-5,8,12-13H,1-2,6-7,9,15H2. The lowest BCUT2D eigenvalue weighted by molar-refractivity contribution is 0.000573. The van der Waals surface area contributed by atoms with Gasteiger partial charge in [-0.25, -0.2) is 0 Å². The summed E-state index contributed by atoms with van der Waals surface area (Å²) < 4.78 is 6.94. The zero-order valence-corrected chi connectivity index (χ0v) is 10.9. The number of nitrogens with two attached hydrogens (primary N) is 1. The Morgan fingerprint density at radius 3 is 2.94 bits per heavy atom. The summed E-state index contributed by atoms with van der Waals surface area (Å²) >= 11 is 3.50. The molecule has 88 valence electrons. The van der Waals surface area contributed by atoms with E-state index in [-0.39, 0.29) is 0 Å². The molecule has 0 aromatic heterocycles. The maximum Gasteiger partial charge on any atom is 0.0655 e. The molecule has 0 saturated carbocycles. The van der Waals surface area contributed by atoms with Crippen molar-refractivity contribution in [3.63, 3.8) is 0 Å². The molecule has 1 saturated heterocycles. The minimum atomic E-state index is 0.299. The molecule has 2 atom stereocenters. The monoisotopic (exact) mass is 283 g/mol. The summed E-state index contributed by atoms with van der Waals surface area (Å²) in [6, 6.07) is 8.39. The first kappa shape index (κ1) is 12.1. The molecule has 1 aliphatic rings. The minimum Gasteiger partial charge on any atom is -0.378 e. The van der Waals surface area contributed by atoms with E-state index in [1.807, 2.05) is 6.07 Å².